The second-order valence-corrected chi connectivity index (χ2v) is 7.55. The summed E-state index contributed by atoms with van der Waals surface area (Å²) in [5, 5.41) is 28.9. The number of carbonyl (C=O) groups is 3. The van der Waals surface area contributed by atoms with Crippen LogP contribution in [0.15, 0.2) is 0 Å². The van der Waals surface area contributed by atoms with Gasteiger partial charge in [0, 0.05) is 0 Å². The molecule has 0 bridgehead atoms. The molecule has 0 heterocycles. The third-order valence-electron chi connectivity index (χ3n) is 5.23. The molecule has 0 aliphatic heterocycles. The Bertz CT molecular complexity index is 464. The maximum Gasteiger partial charge on any atom is 0.337 e. The van der Waals surface area contributed by atoms with E-state index in [9.17, 15) is 29.7 Å². The van der Waals surface area contributed by atoms with Crippen LogP contribution in [-0.4, -0.2) is 45.9 Å². The first-order valence-corrected chi connectivity index (χ1v) is 10.5. The van der Waals surface area contributed by atoms with Gasteiger partial charge in [-0.25, -0.2) is 4.79 Å². The smallest absolute Gasteiger partial charge is 0.337 e. The highest BCUT2D eigenvalue weighted by Gasteiger charge is 2.49. The summed E-state index contributed by atoms with van der Waals surface area (Å²) in [6, 6.07) is 0. The van der Waals surface area contributed by atoms with Crippen LogP contribution >= 0.6 is 0 Å². The van der Waals surface area contributed by atoms with Crippen LogP contribution in [-0.2, 0) is 19.1 Å². The van der Waals surface area contributed by atoms with E-state index in [1.165, 1.54) is 44.9 Å². The van der Waals surface area contributed by atoms with Gasteiger partial charge in [0.25, 0.3) is 0 Å². The van der Waals surface area contributed by atoms with Crippen LogP contribution in [0.3, 0.4) is 0 Å². The lowest BCUT2D eigenvalue weighted by Gasteiger charge is -2.28. The van der Waals surface area contributed by atoms with Gasteiger partial charge in [-0.05, 0) is 6.42 Å². The monoisotopic (exact) mass is 402 g/mol. The van der Waals surface area contributed by atoms with Crippen molar-refractivity contribution in [1.82, 2.24) is 0 Å². The van der Waals surface area contributed by atoms with E-state index < -0.39 is 35.8 Å². The highest BCUT2D eigenvalue weighted by Crippen LogP contribution is 2.28. The number of methoxy groups -OCH3 is 1. The molecule has 3 N–H and O–H groups in total. The molecule has 164 valence electrons. The molecule has 0 saturated heterocycles. The van der Waals surface area contributed by atoms with Crippen LogP contribution in [0.25, 0.3) is 0 Å². The van der Waals surface area contributed by atoms with E-state index in [1.807, 2.05) is 0 Å². The van der Waals surface area contributed by atoms with E-state index >= 15 is 0 Å². The third-order valence-corrected chi connectivity index (χ3v) is 5.23. The molecule has 0 aromatic heterocycles. The average molecular weight is 403 g/mol. The average Bonchev–Trinajstić information content (AvgIpc) is 2.64. The molecule has 7 nitrogen and oxygen atoms in total. The van der Waals surface area contributed by atoms with E-state index in [1.54, 1.807) is 0 Å². The molecular formula is C21H38O7. The summed E-state index contributed by atoms with van der Waals surface area (Å²) < 4.78 is 4.39. The predicted molar refractivity (Wildman–Crippen MR) is 106 cm³/mol. The quantitative estimate of drug-likeness (QED) is 0.232. The van der Waals surface area contributed by atoms with E-state index in [-0.39, 0.29) is 6.42 Å². The fourth-order valence-corrected chi connectivity index (χ4v) is 3.40. The van der Waals surface area contributed by atoms with Crippen molar-refractivity contribution >= 4 is 17.9 Å². The summed E-state index contributed by atoms with van der Waals surface area (Å²) in [5.74, 6) is -5.64. The van der Waals surface area contributed by atoms with E-state index in [4.69, 9.17) is 0 Å². The number of aliphatic carboxylic acids is 2. The number of unbranched alkanes of at least 4 members (excludes halogenated alkanes) is 11. The third kappa shape index (κ3) is 10.6. The van der Waals surface area contributed by atoms with Gasteiger partial charge >= 0.3 is 17.9 Å². The van der Waals surface area contributed by atoms with Gasteiger partial charge in [0.2, 0.25) is 0 Å². The lowest BCUT2D eigenvalue weighted by atomic mass is 9.81. The fourth-order valence-electron chi connectivity index (χ4n) is 3.40. The zero-order chi connectivity index (χ0) is 21.4. The molecule has 2 unspecified atom stereocenters. The van der Waals surface area contributed by atoms with E-state index in [2.05, 4.69) is 11.7 Å². The molecular weight excluding hydrogens is 364 g/mol. The number of carboxylic acids is 2. The van der Waals surface area contributed by atoms with Gasteiger partial charge < -0.3 is 20.1 Å². The Morgan fingerprint density at radius 1 is 0.821 bits per heavy atom. The van der Waals surface area contributed by atoms with Crippen LogP contribution in [0.5, 0.6) is 0 Å². The van der Waals surface area contributed by atoms with Gasteiger partial charge in [0.1, 0.15) is 0 Å². The minimum Gasteiger partial charge on any atom is -0.481 e. The topological polar surface area (TPSA) is 121 Å². The Kier molecular flexibility index (Phi) is 14.4. The Morgan fingerprint density at radius 2 is 1.25 bits per heavy atom. The van der Waals surface area contributed by atoms with Gasteiger partial charge in [0.15, 0.2) is 5.60 Å². The standard InChI is InChI=1S/C21H38O7/c1-3-4-5-6-7-8-9-10-11-12-13-14-15-17(19(23)24)21(27,20(25)26)16-18(22)28-2/h17,27H,3-16H2,1-2H3,(H,23,24)(H,25,26). The number of rotatable bonds is 18. The number of esters is 1. The number of hydrogen-bond donors (Lipinski definition) is 3. The maximum atomic E-state index is 11.5. The normalized spacial score (nSPS) is 14.2. The molecule has 0 aromatic carbocycles. The number of aliphatic hydroxyl groups is 1. The maximum absolute atomic E-state index is 11.5. The fraction of sp³-hybridized carbons (Fsp3) is 0.857. The highest BCUT2D eigenvalue weighted by molar-refractivity contribution is 5.89. The number of ether oxygens (including phenoxy) is 1. The molecule has 0 rings (SSSR count). The minimum absolute atomic E-state index is 0.00650. The van der Waals surface area contributed by atoms with E-state index in [0.717, 1.165) is 32.8 Å². The first-order valence-electron chi connectivity index (χ1n) is 10.5. The predicted octanol–water partition coefficient (Wildman–Crippen LogP) is 4.16. The van der Waals surface area contributed by atoms with Crippen LogP contribution in [0.4, 0.5) is 0 Å². The first-order chi connectivity index (χ1) is 13.3. The molecule has 0 aromatic rings. The molecule has 0 radical (unpaired) electrons. The zero-order valence-electron chi connectivity index (χ0n) is 17.5. The van der Waals surface area contributed by atoms with Crippen molar-refractivity contribution in [2.45, 2.75) is 102 Å². The van der Waals surface area contributed by atoms with Crippen molar-refractivity contribution in [2.75, 3.05) is 7.11 Å². The molecule has 0 aliphatic rings. The van der Waals surface area contributed by atoms with Gasteiger partial charge in [-0.3, -0.25) is 9.59 Å². The number of carboxylic acid groups (broad SMARTS) is 2. The Balaban J connectivity index is 4.15. The van der Waals surface area contributed by atoms with Crippen molar-refractivity contribution in [3.63, 3.8) is 0 Å². The molecule has 0 saturated carbocycles. The largest absolute Gasteiger partial charge is 0.481 e. The second-order valence-electron chi connectivity index (χ2n) is 7.55. The van der Waals surface area contributed by atoms with Crippen LogP contribution in [0, 0.1) is 5.92 Å². The first kappa shape index (κ1) is 26.4. The Hall–Kier alpha value is -1.63. The molecule has 0 fully saturated rings. The lowest BCUT2D eigenvalue weighted by Crippen LogP contribution is -2.50. The van der Waals surface area contributed by atoms with Crippen molar-refractivity contribution in [3.8, 4) is 0 Å². The van der Waals surface area contributed by atoms with Crippen LogP contribution in [0.2, 0.25) is 0 Å². The highest BCUT2D eigenvalue weighted by atomic mass is 16.5. The molecule has 0 aliphatic carbocycles. The summed E-state index contributed by atoms with van der Waals surface area (Å²) in [7, 11) is 1.06. The van der Waals surface area contributed by atoms with Crippen LogP contribution in [0.1, 0.15) is 96.8 Å². The van der Waals surface area contributed by atoms with Crippen molar-refractivity contribution in [2.24, 2.45) is 5.92 Å². The summed E-state index contributed by atoms with van der Waals surface area (Å²) >= 11 is 0. The SMILES string of the molecule is CCCCCCCCCCCCCCC(C(=O)O)C(O)(CC(=O)OC)C(=O)O. The Morgan fingerprint density at radius 3 is 1.61 bits per heavy atom. The van der Waals surface area contributed by atoms with Crippen LogP contribution < -0.4 is 0 Å². The second kappa shape index (κ2) is 15.3. The Labute approximate surface area is 168 Å². The molecule has 2 atom stereocenters. The van der Waals surface area contributed by atoms with Crippen molar-refractivity contribution < 1.29 is 34.4 Å². The molecule has 0 amide bonds. The number of hydrogen-bond acceptors (Lipinski definition) is 5. The molecule has 7 heteroatoms. The van der Waals surface area contributed by atoms with Gasteiger partial charge in [0.05, 0.1) is 19.4 Å². The van der Waals surface area contributed by atoms with Crippen molar-refractivity contribution in [3.05, 3.63) is 0 Å². The summed E-state index contributed by atoms with van der Waals surface area (Å²) in [5.41, 5.74) is -2.66. The minimum atomic E-state index is -2.66. The van der Waals surface area contributed by atoms with Gasteiger partial charge in [-0.2, -0.15) is 0 Å². The lowest BCUT2D eigenvalue weighted by molar-refractivity contribution is -0.180. The van der Waals surface area contributed by atoms with Gasteiger partial charge in [-0.1, -0.05) is 84.0 Å². The summed E-state index contributed by atoms with van der Waals surface area (Å²) in [6.07, 6.45) is 12.5. The van der Waals surface area contributed by atoms with E-state index in [0.29, 0.717) is 6.42 Å². The zero-order valence-corrected chi connectivity index (χ0v) is 17.5. The number of carbonyl (C=O) groups excluding carboxylic acids is 1. The van der Waals surface area contributed by atoms with Crippen molar-refractivity contribution in [1.29, 1.82) is 0 Å². The molecule has 28 heavy (non-hydrogen) atoms. The van der Waals surface area contributed by atoms with Gasteiger partial charge in [-0.15, -0.1) is 0 Å². The summed E-state index contributed by atoms with van der Waals surface area (Å²) in [6.45, 7) is 2.21. The summed E-state index contributed by atoms with van der Waals surface area (Å²) in [4.78, 5) is 34.3. The molecule has 0 spiro atoms.